The summed E-state index contributed by atoms with van der Waals surface area (Å²) in [5.74, 6) is 1.48. The number of hydrogen-bond acceptors (Lipinski definition) is 5. The van der Waals surface area contributed by atoms with Crippen molar-refractivity contribution < 1.29 is 0 Å². The van der Waals surface area contributed by atoms with Crippen LogP contribution in [0.15, 0.2) is 48.4 Å². The van der Waals surface area contributed by atoms with Crippen LogP contribution in [0.1, 0.15) is 32.3 Å². The summed E-state index contributed by atoms with van der Waals surface area (Å²) in [5, 5.41) is 0. The molecule has 0 aliphatic carbocycles. The third kappa shape index (κ3) is 4.60. The molecule has 0 aromatic carbocycles. The summed E-state index contributed by atoms with van der Waals surface area (Å²) in [6, 6.07) is 6.50. The lowest BCUT2D eigenvalue weighted by molar-refractivity contribution is 0.146. The Balaban J connectivity index is 1.41. The highest BCUT2D eigenvalue weighted by atomic mass is 15.3. The molecule has 2 bridgehead atoms. The van der Waals surface area contributed by atoms with Gasteiger partial charge in [-0.05, 0) is 44.7 Å². The highest BCUT2D eigenvalue weighted by Gasteiger charge is 2.34. The van der Waals surface area contributed by atoms with Gasteiger partial charge in [-0.3, -0.25) is 14.8 Å². The van der Waals surface area contributed by atoms with Crippen molar-refractivity contribution in [3.63, 3.8) is 0 Å². The number of fused-ring (bicyclic) bond motifs is 4. The molecule has 3 fully saturated rings. The highest BCUT2D eigenvalue weighted by Crippen LogP contribution is 2.28. The lowest BCUT2D eigenvalue weighted by Crippen LogP contribution is -2.43. The molecule has 0 saturated carbocycles. The molecule has 142 valence electrons. The summed E-state index contributed by atoms with van der Waals surface area (Å²) >= 11 is 0. The van der Waals surface area contributed by atoms with Crippen molar-refractivity contribution in [1.82, 2.24) is 24.8 Å². The maximum Gasteiger partial charge on any atom is 0.178 e. The first kappa shape index (κ1) is 18.3. The van der Waals surface area contributed by atoms with Gasteiger partial charge < -0.3 is 0 Å². The predicted octanol–water partition coefficient (Wildman–Crippen LogP) is 3.40. The fourth-order valence-corrected chi connectivity index (χ4v) is 4.25. The second kappa shape index (κ2) is 8.28. The van der Waals surface area contributed by atoms with Crippen molar-refractivity contribution in [3.8, 4) is 11.5 Å². The molecule has 5 heteroatoms. The minimum absolute atomic E-state index is 0.674. The molecular weight excluding hydrogens is 334 g/mol. The van der Waals surface area contributed by atoms with Crippen molar-refractivity contribution in [2.45, 2.75) is 39.3 Å². The summed E-state index contributed by atoms with van der Waals surface area (Å²) in [5.41, 5.74) is 3.43. The average Bonchev–Trinajstić information content (AvgIpc) is 2.98. The molecule has 0 amide bonds. The van der Waals surface area contributed by atoms with Crippen LogP contribution in [-0.4, -0.2) is 57.0 Å². The van der Waals surface area contributed by atoms with Gasteiger partial charge in [-0.25, -0.2) is 9.97 Å². The van der Waals surface area contributed by atoms with Crippen molar-refractivity contribution in [1.29, 1.82) is 0 Å². The molecule has 27 heavy (non-hydrogen) atoms. The second-order valence-corrected chi connectivity index (χ2v) is 8.16. The Bertz CT molecular complexity index is 767. The van der Waals surface area contributed by atoms with Crippen LogP contribution in [0, 0.1) is 5.92 Å². The van der Waals surface area contributed by atoms with Gasteiger partial charge in [-0.2, -0.15) is 0 Å². The van der Waals surface area contributed by atoms with Crippen LogP contribution in [-0.2, 0) is 6.54 Å². The Hall–Kier alpha value is -2.11. The van der Waals surface area contributed by atoms with Crippen LogP contribution in [0.2, 0.25) is 0 Å². The first-order valence-electron chi connectivity index (χ1n) is 9.99. The van der Waals surface area contributed by atoms with E-state index in [2.05, 4.69) is 44.7 Å². The smallest absolute Gasteiger partial charge is 0.178 e. The van der Waals surface area contributed by atoms with Crippen LogP contribution in [0.5, 0.6) is 0 Å². The summed E-state index contributed by atoms with van der Waals surface area (Å²) < 4.78 is 0. The summed E-state index contributed by atoms with van der Waals surface area (Å²) in [6.07, 6.45) is 10.8. The van der Waals surface area contributed by atoms with E-state index in [9.17, 15) is 0 Å². The van der Waals surface area contributed by atoms with Gasteiger partial charge in [0.05, 0.1) is 0 Å². The van der Waals surface area contributed by atoms with Crippen LogP contribution >= 0.6 is 0 Å². The molecule has 0 unspecified atom stereocenters. The van der Waals surface area contributed by atoms with Gasteiger partial charge in [0.25, 0.3) is 0 Å². The van der Waals surface area contributed by atoms with Crippen molar-refractivity contribution in [3.05, 3.63) is 54.0 Å². The molecule has 0 N–H and O–H groups in total. The molecule has 5 heterocycles. The summed E-state index contributed by atoms with van der Waals surface area (Å²) in [7, 11) is 0. The highest BCUT2D eigenvalue weighted by molar-refractivity contribution is 5.47. The zero-order valence-electron chi connectivity index (χ0n) is 16.4. The second-order valence-electron chi connectivity index (χ2n) is 8.16. The van der Waals surface area contributed by atoms with Crippen LogP contribution in [0.4, 0.5) is 0 Å². The molecule has 3 aliphatic rings. The number of aromatic nitrogens is 3. The molecule has 0 radical (unpaired) electrons. The van der Waals surface area contributed by atoms with Crippen LogP contribution in [0.3, 0.4) is 0 Å². The van der Waals surface area contributed by atoms with Crippen molar-refractivity contribution in [2.75, 3.05) is 26.2 Å². The zero-order valence-corrected chi connectivity index (χ0v) is 16.4. The molecule has 2 aromatic heterocycles. The zero-order chi connectivity index (χ0) is 18.6. The van der Waals surface area contributed by atoms with E-state index in [1.54, 1.807) is 6.20 Å². The van der Waals surface area contributed by atoms with E-state index in [-0.39, 0.29) is 0 Å². The first-order valence-corrected chi connectivity index (χ1v) is 9.99. The Labute approximate surface area is 162 Å². The monoisotopic (exact) mass is 363 g/mol. The Morgan fingerprint density at radius 1 is 1.07 bits per heavy atom. The topological polar surface area (TPSA) is 45.2 Å². The number of rotatable bonds is 5. The lowest BCUT2D eigenvalue weighted by Gasteiger charge is -2.35. The molecule has 3 aliphatic heterocycles. The average molecular weight is 364 g/mol. The molecule has 5 rings (SSSR count). The lowest BCUT2D eigenvalue weighted by atomic mass is 9.95. The van der Waals surface area contributed by atoms with E-state index in [4.69, 9.17) is 0 Å². The van der Waals surface area contributed by atoms with E-state index in [0.717, 1.165) is 31.2 Å². The van der Waals surface area contributed by atoms with Gasteiger partial charge in [0.1, 0.15) is 5.69 Å². The third-order valence-electron chi connectivity index (χ3n) is 5.64. The maximum atomic E-state index is 4.54. The quantitative estimate of drug-likeness (QED) is 0.762. The van der Waals surface area contributed by atoms with Crippen LogP contribution < -0.4 is 0 Å². The molecule has 5 nitrogen and oxygen atoms in total. The van der Waals surface area contributed by atoms with E-state index in [0.29, 0.717) is 11.9 Å². The molecule has 2 atom stereocenters. The van der Waals surface area contributed by atoms with Crippen molar-refractivity contribution >= 4 is 0 Å². The molecule has 3 saturated heterocycles. The molecule has 0 spiro atoms. The maximum absolute atomic E-state index is 4.54. The first-order chi connectivity index (χ1) is 13.2. The van der Waals surface area contributed by atoms with Gasteiger partial charge in [-0.1, -0.05) is 17.7 Å². The fourth-order valence-electron chi connectivity index (χ4n) is 4.25. The van der Waals surface area contributed by atoms with E-state index < -0.39 is 0 Å². The minimum atomic E-state index is 0.674. The van der Waals surface area contributed by atoms with Gasteiger partial charge in [0.2, 0.25) is 0 Å². The number of piperidine rings is 1. The predicted molar refractivity (Wildman–Crippen MR) is 108 cm³/mol. The normalized spacial score (nSPS) is 23.2. The van der Waals surface area contributed by atoms with Gasteiger partial charge >= 0.3 is 0 Å². The summed E-state index contributed by atoms with van der Waals surface area (Å²) in [4.78, 5) is 18.7. The van der Waals surface area contributed by atoms with E-state index >= 15 is 0 Å². The largest absolute Gasteiger partial charge is 0.297 e. The molecular formula is C22H29N5. The van der Waals surface area contributed by atoms with Gasteiger partial charge in [0.15, 0.2) is 5.82 Å². The number of pyridine rings is 1. The van der Waals surface area contributed by atoms with Crippen LogP contribution in [0.25, 0.3) is 11.5 Å². The van der Waals surface area contributed by atoms with Crippen molar-refractivity contribution in [2.24, 2.45) is 5.92 Å². The number of nitrogens with zero attached hydrogens (tertiary/aromatic N) is 5. The Morgan fingerprint density at radius 3 is 2.67 bits per heavy atom. The van der Waals surface area contributed by atoms with Gasteiger partial charge in [-0.15, -0.1) is 0 Å². The fraction of sp³-hybridized carbons (Fsp3) is 0.500. The van der Waals surface area contributed by atoms with E-state index in [1.807, 2.05) is 30.6 Å². The Kier molecular flexibility index (Phi) is 5.60. The number of hydrogen-bond donors (Lipinski definition) is 0. The van der Waals surface area contributed by atoms with E-state index in [1.165, 1.54) is 37.1 Å². The number of allylic oxidation sites excluding steroid dienone is 1. The molecule has 2 aromatic rings. The third-order valence-corrected chi connectivity index (χ3v) is 5.64. The SMILES string of the molecule is CC(C)=CCN1C[C@H]2CC[C@@H]1CN(Cc1cnc(-c3ccccn3)nc1)C2. The van der Waals surface area contributed by atoms with Gasteiger partial charge in [0, 0.05) is 62.9 Å². The summed E-state index contributed by atoms with van der Waals surface area (Å²) in [6.45, 7) is 9.98. The standard InChI is InChI=1S/C22H29N5/c1-17(2)8-10-27-15-18-6-7-20(27)16-26(13-18)14-19-11-24-22(25-12-19)21-5-3-4-9-23-21/h3-5,8-9,11-12,18,20H,6-7,10,13-16H2,1-2H3/t18-,20+/m0/s1. The Morgan fingerprint density at radius 2 is 1.93 bits per heavy atom. The minimum Gasteiger partial charge on any atom is -0.297 e.